The Morgan fingerprint density at radius 1 is 1.32 bits per heavy atom. The van der Waals surface area contributed by atoms with Crippen LogP contribution < -0.4 is 0 Å². The molecule has 1 saturated heterocycles. The first-order chi connectivity index (χ1) is 10.6. The summed E-state index contributed by atoms with van der Waals surface area (Å²) in [6.07, 6.45) is 2.45. The van der Waals surface area contributed by atoms with Crippen LogP contribution in [0.3, 0.4) is 0 Å². The smallest absolute Gasteiger partial charge is 0.254 e. The number of thiophene rings is 1. The molecule has 1 fully saturated rings. The predicted octanol–water partition coefficient (Wildman–Crippen LogP) is 2.56. The van der Waals surface area contributed by atoms with Gasteiger partial charge in [-0.15, -0.1) is 0 Å². The van der Waals surface area contributed by atoms with Crippen LogP contribution in [0.25, 0.3) is 0 Å². The average Bonchev–Trinajstić information content (AvgIpc) is 3.19. The molecule has 0 N–H and O–H groups in total. The van der Waals surface area contributed by atoms with E-state index in [1.54, 1.807) is 23.1 Å². The summed E-state index contributed by atoms with van der Waals surface area (Å²) < 4.78 is 29.9. The van der Waals surface area contributed by atoms with Crippen molar-refractivity contribution >= 4 is 27.1 Å². The van der Waals surface area contributed by atoms with Gasteiger partial charge in [-0.25, -0.2) is 8.42 Å². The lowest BCUT2D eigenvalue weighted by Crippen LogP contribution is -2.42. The minimum atomic E-state index is -3.24. The molecule has 1 aliphatic heterocycles. The van der Waals surface area contributed by atoms with E-state index in [0.29, 0.717) is 37.3 Å². The second kappa shape index (κ2) is 6.26. The van der Waals surface area contributed by atoms with Gasteiger partial charge in [0, 0.05) is 18.5 Å². The van der Waals surface area contributed by atoms with Gasteiger partial charge in [-0.1, -0.05) is 0 Å². The maximum atomic E-state index is 12.4. The zero-order chi connectivity index (χ0) is 15.6. The summed E-state index contributed by atoms with van der Waals surface area (Å²) in [5, 5.41) is 3.29. The molecule has 118 valence electrons. The molecule has 0 saturated carbocycles. The quantitative estimate of drug-likeness (QED) is 0.858. The minimum absolute atomic E-state index is 0.0110. The molecule has 1 aliphatic rings. The fraction of sp³-hybridized carbons (Fsp3) is 0.400. The zero-order valence-electron chi connectivity index (χ0n) is 12.0. The van der Waals surface area contributed by atoms with Crippen molar-refractivity contribution in [1.82, 2.24) is 4.90 Å². The van der Waals surface area contributed by atoms with E-state index >= 15 is 0 Å². The highest BCUT2D eigenvalue weighted by Gasteiger charge is 2.32. The molecule has 2 aromatic heterocycles. The van der Waals surface area contributed by atoms with Gasteiger partial charge < -0.3 is 9.32 Å². The number of likely N-dealkylation sites (tertiary alicyclic amines) is 1. The monoisotopic (exact) mass is 339 g/mol. The third-order valence-electron chi connectivity index (χ3n) is 3.93. The highest BCUT2D eigenvalue weighted by Crippen LogP contribution is 2.23. The van der Waals surface area contributed by atoms with Crippen molar-refractivity contribution in [2.45, 2.75) is 23.8 Å². The van der Waals surface area contributed by atoms with E-state index in [-0.39, 0.29) is 11.7 Å². The lowest BCUT2D eigenvalue weighted by Gasteiger charge is -2.31. The van der Waals surface area contributed by atoms with Crippen LogP contribution in [0.5, 0.6) is 0 Å². The van der Waals surface area contributed by atoms with Crippen molar-refractivity contribution < 1.29 is 17.6 Å². The number of amides is 1. The highest BCUT2D eigenvalue weighted by atomic mass is 32.2. The van der Waals surface area contributed by atoms with Crippen LogP contribution in [0, 0.1) is 0 Å². The maximum Gasteiger partial charge on any atom is 0.254 e. The number of carbonyl (C=O) groups excluding carboxylic acids is 1. The molecule has 1 amide bonds. The third kappa shape index (κ3) is 3.25. The van der Waals surface area contributed by atoms with E-state index in [9.17, 15) is 13.2 Å². The van der Waals surface area contributed by atoms with Crippen LogP contribution >= 0.6 is 11.3 Å². The third-order valence-corrected chi connectivity index (χ3v) is 6.79. The molecule has 0 aliphatic carbocycles. The summed E-state index contributed by atoms with van der Waals surface area (Å²) in [6.45, 7) is 0.966. The first kappa shape index (κ1) is 15.3. The van der Waals surface area contributed by atoms with E-state index in [1.807, 2.05) is 10.8 Å². The van der Waals surface area contributed by atoms with E-state index in [1.165, 1.54) is 17.6 Å². The Kier molecular flexibility index (Phi) is 4.35. The second-order valence-electron chi connectivity index (χ2n) is 5.39. The van der Waals surface area contributed by atoms with Crippen LogP contribution in [0.1, 0.15) is 29.0 Å². The Hall–Kier alpha value is -1.60. The first-order valence-electron chi connectivity index (χ1n) is 7.12. The minimum Gasteiger partial charge on any atom is -0.468 e. The molecule has 7 heteroatoms. The number of hydrogen-bond acceptors (Lipinski definition) is 5. The average molecular weight is 339 g/mol. The molecule has 0 radical (unpaired) electrons. The number of sulfone groups is 1. The Morgan fingerprint density at radius 2 is 2.09 bits per heavy atom. The number of piperidine rings is 1. The van der Waals surface area contributed by atoms with Gasteiger partial charge in [0.15, 0.2) is 9.84 Å². The van der Waals surface area contributed by atoms with Gasteiger partial charge in [-0.2, -0.15) is 11.3 Å². The summed E-state index contributed by atoms with van der Waals surface area (Å²) in [7, 11) is -3.24. The van der Waals surface area contributed by atoms with Gasteiger partial charge in [0.05, 0.1) is 17.1 Å². The molecule has 0 spiro atoms. The van der Waals surface area contributed by atoms with Crippen molar-refractivity contribution in [3.63, 3.8) is 0 Å². The van der Waals surface area contributed by atoms with E-state index in [2.05, 4.69) is 0 Å². The molecular formula is C15H17NO4S2. The molecule has 0 unspecified atom stereocenters. The molecule has 0 bridgehead atoms. The summed E-state index contributed by atoms with van der Waals surface area (Å²) in [5.41, 5.74) is 0.682. The molecule has 3 heterocycles. The second-order valence-corrected chi connectivity index (χ2v) is 8.45. The van der Waals surface area contributed by atoms with Crippen molar-refractivity contribution in [3.05, 3.63) is 46.5 Å². The van der Waals surface area contributed by atoms with E-state index in [0.717, 1.165) is 0 Å². The number of carbonyl (C=O) groups is 1. The van der Waals surface area contributed by atoms with Crippen LogP contribution in [-0.4, -0.2) is 37.6 Å². The van der Waals surface area contributed by atoms with Crippen LogP contribution in [0.15, 0.2) is 39.6 Å². The Labute approximate surface area is 133 Å². The molecular weight excluding hydrogens is 322 g/mol. The van der Waals surface area contributed by atoms with Gasteiger partial charge in [-0.3, -0.25) is 4.79 Å². The van der Waals surface area contributed by atoms with E-state index < -0.39 is 15.1 Å². The number of nitrogens with zero attached hydrogens (tertiary/aromatic N) is 1. The Balaban J connectivity index is 1.60. The predicted molar refractivity (Wildman–Crippen MR) is 84.6 cm³/mol. The van der Waals surface area contributed by atoms with Crippen molar-refractivity contribution in [3.8, 4) is 0 Å². The Bertz CT molecular complexity index is 712. The van der Waals surface area contributed by atoms with Gasteiger partial charge in [-0.05, 0) is 36.4 Å². The first-order valence-corrected chi connectivity index (χ1v) is 9.77. The SMILES string of the molecule is O=C(c1ccsc1)N1CCC(S(=O)(=O)Cc2ccco2)CC1. The largest absolute Gasteiger partial charge is 0.468 e. The normalized spacial score (nSPS) is 16.8. The number of rotatable bonds is 4. The summed E-state index contributed by atoms with van der Waals surface area (Å²) >= 11 is 1.49. The van der Waals surface area contributed by atoms with Gasteiger partial charge in [0.25, 0.3) is 5.91 Å². The zero-order valence-corrected chi connectivity index (χ0v) is 13.6. The molecule has 0 atom stereocenters. The van der Waals surface area contributed by atoms with Gasteiger partial charge >= 0.3 is 0 Å². The summed E-state index contributed by atoms with van der Waals surface area (Å²) in [6, 6.07) is 5.16. The fourth-order valence-corrected chi connectivity index (χ4v) is 5.05. The number of furan rings is 1. The Morgan fingerprint density at radius 3 is 2.68 bits per heavy atom. The van der Waals surface area contributed by atoms with E-state index in [4.69, 9.17) is 4.42 Å². The molecule has 0 aromatic carbocycles. The van der Waals surface area contributed by atoms with Crippen LogP contribution in [0.2, 0.25) is 0 Å². The summed E-state index contributed by atoms with van der Waals surface area (Å²) in [5.74, 6) is 0.392. The highest BCUT2D eigenvalue weighted by molar-refractivity contribution is 7.91. The van der Waals surface area contributed by atoms with Crippen molar-refractivity contribution in [2.24, 2.45) is 0 Å². The number of hydrogen-bond donors (Lipinski definition) is 0. The molecule has 3 rings (SSSR count). The topological polar surface area (TPSA) is 67.6 Å². The molecule has 22 heavy (non-hydrogen) atoms. The van der Waals surface area contributed by atoms with Gasteiger partial charge in [0.1, 0.15) is 11.5 Å². The lowest BCUT2D eigenvalue weighted by atomic mass is 10.1. The summed E-state index contributed by atoms with van der Waals surface area (Å²) in [4.78, 5) is 14.0. The molecule has 2 aromatic rings. The molecule has 5 nitrogen and oxygen atoms in total. The van der Waals surface area contributed by atoms with Crippen molar-refractivity contribution in [1.29, 1.82) is 0 Å². The standard InChI is InChI=1S/C15H17NO4S2/c17-15(12-5-9-21-10-12)16-6-3-14(4-7-16)22(18,19)11-13-2-1-8-20-13/h1-2,5,8-10,14H,3-4,6-7,11H2. The van der Waals surface area contributed by atoms with Crippen LogP contribution in [-0.2, 0) is 15.6 Å². The van der Waals surface area contributed by atoms with Gasteiger partial charge in [0.2, 0.25) is 0 Å². The lowest BCUT2D eigenvalue weighted by molar-refractivity contribution is 0.0726. The van der Waals surface area contributed by atoms with Crippen molar-refractivity contribution in [2.75, 3.05) is 13.1 Å². The fourth-order valence-electron chi connectivity index (χ4n) is 2.70. The maximum absolute atomic E-state index is 12.4. The van der Waals surface area contributed by atoms with Crippen LogP contribution in [0.4, 0.5) is 0 Å².